The summed E-state index contributed by atoms with van der Waals surface area (Å²) in [7, 11) is 1.65. The maximum atomic E-state index is 11.2. The molecule has 0 bridgehead atoms. The molecule has 0 amide bonds. The van der Waals surface area contributed by atoms with Crippen molar-refractivity contribution in [1.82, 2.24) is 9.97 Å². The van der Waals surface area contributed by atoms with Crippen molar-refractivity contribution in [3.8, 4) is 0 Å². The van der Waals surface area contributed by atoms with E-state index in [2.05, 4.69) is 20.6 Å². The Kier molecular flexibility index (Phi) is 5.42. The topological polar surface area (TPSA) is 113 Å². The SMILES string of the molecule is CNc1nc(C)c([N+](=O)[O-])c(NC(CCO)C(C)(C)C)n1. The van der Waals surface area contributed by atoms with Crippen molar-refractivity contribution < 1.29 is 10.0 Å². The number of nitrogens with one attached hydrogen (secondary N) is 2. The lowest BCUT2D eigenvalue weighted by molar-refractivity contribution is -0.385. The number of aliphatic hydroxyl groups excluding tert-OH is 1. The van der Waals surface area contributed by atoms with E-state index in [1.165, 1.54) is 0 Å². The molecule has 0 saturated carbocycles. The van der Waals surface area contributed by atoms with Crippen LogP contribution in [0.15, 0.2) is 0 Å². The first-order chi connectivity index (χ1) is 9.70. The van der Waals surface area contributed by atoms with Crippen LogP contribution in [0.5, 0.6) is 0 Å². The highest BCUT2D eigenvalue weighted by Crippen LogP contribution is 2.31. The van der Waals surface area contributed by atoms with Gasteiger partial charge in [-0.15, -0.1) is 0 Å². The molecule has 1 unspecified atom stereocenters. The zero-order chi connectivity index (χ0) is 16.2. The summed E-state index contributed by atoms with van der Waals surface area (Å²) in [6, 6.07) is -0.153. The molecule has 0 radical (unpaired) electrons. The Balaban J connectivity index is 3.26. The van der Waals surface area contributed by atoms with Crippen LogP contribution in [0.25, 0.3) is 0 Å². The Morgan fingerprint density at radius 1 is 1.38 bits per heavy atom. The molecule has 8 nitrogen and oxygen atoms in total. The number of hydrogen-bond acceptors (Lipinski definition) is 7. The van der Waals surface area contributed by atoms with E-state index in [1.54, 1.807) is 14.0 Å². The molecule has 0 spiro atoms. The fraction of sp³-hybridized carbons (Fsp3) is 0.692. The van der Waals surface area contributed by atoms with E-state index in [4.69, 9.17) is 0 Å². The summed E-state index contributed by atoms with van der Waals surface area (Å²) < 4.78 is 0. The number of hydrogen-bond donors (Lipinski definition) is 3. The van der Waals surface area contributed by atoms with Crippen LogP contribution in [-0.2, 0) is 0 Å². The molecule has 0 saturated heterocycles. The van der Waals surface area contributed by atoms with Gasteiger partial charge in [-0.3, -0.25) is 10.1 Å². The minimum Gasteiger partial charge on any atom is -0.396 e. The molecule has 118 valence electrons. The Labute approximate surface area is 124 Å². The Morgan fingerprint density at radius 2 is 2.00 bits per heavy atom. The van der Waals surface area contributed by atoms with Gasteiger partial charge in [-0.25, -0.2) is 4.98 Å². The van der Waals surface area contributed by atoms with E-state index in [0.717, 1.165) is 0 Å². The number of aromatic nitrogens is 2. The number of aryl methyl sites for hydroxylation is 1. The van der Waals surface area contributed by atoms with Gasteiger partial charge in [0.05, 0.1) is 4.92 Å². The Hall–Kier alpha value is -1.96. The molecule has 1 heterocycles. The van der Waals surface area contributed by atoms with Gasteiger partial charge in [0, 0.05) is 19.7 Å². The minimum absolute atomic E-state index is 0.00825. The largest absolute Gasteiger partial charge is 0.396 e. The summed E-state index contributed by atoms with van der Waals surface area (Å²) in [5, 5.41) is 26.3. The summed E-state index contributed by atoms with van der Waals surface area (Å²) in [6.07, 6.45) is 0.471. The minimum atomic E-state index is -0.490. The van der Waals surface area contributed by atoms with Gasteiger partial charge in [0.25, 0.3) is 0 Å². The summed E-state index contributed by atoms with van der Waals surface area (Å²) >= 11 is 0. The molecular weight excluding hydrogens is 274 g/mol. The smallest absolute Gasteiger partial charge is 0.332 e. The van der Waals surface area contributed by atoms with Gasteiger partial charge in [0.2, 0.25) is 11.8 Å². The van der Waals surface area contributed by atoms with Gasteiger partial charge in [0.1, 0.15) is 5.69 Å². The van der Waals surface area contributed by atoms with Crippen LogP contribution in [0.3, 0.4) is 0 Å². The van der Waals surface area contributed by atoms with E-state index in [0.29, 0.717) is 18.1 Å². The van der Waals surface area contributed by atoms with E-state index in [9.17, 15) is 15.2 Å². The van der Waals surface area contributed by atoms with Crippen LogP contribution in [0, 0.1) is 22.5 Å². The average molecular weight is 297 g/mol. The summed E-state index contributed by atoms with van der Waals surface area (Å²) in [5.41, 5.74) is -0.0328. The molecule has 21 heavy (non-hydrogen) atoms. The van der Waals surface area contributed by atoms with Gasteiger partial charge in [-0.1, -0.05) is 20.8 Å². The molecule has 8 heteroatoms. The van der Waals surface area contributed by atoms with Crippen LogP contribution in [0.1, 0.15) is 32.9 Å². The standard InChI is InChI=1S/C13H23N5O3/c1-8-10(18(20)21)11(17-12(14-5)15-8)16-9(6-7-19)13(2,3)4/h9,19H,6-7H2,1-5H3,(H2,14,15,16,17). The zero-order valence-electron chi connectivity index (χ0n) is 13.1. The quantitative estimate of drug-likeness (QED) is 0.543. The summed E-state index contributed by atoms with van der Waals surface area (Å²) in [4.78, 5) is 18.9. The zero-order valence-corrected chi connectivity index (χ0v) is 13.1. The third-order valence-electron chi connectivity index (χ3n) is 3.24. The van der Waals surface area contributed by atoms with Crippen molar-refractivity contribution >= 4 is 17.5 Å². The lowest BCUT2D eigenvalue weighted by Gasteiger charge is -2.31. The van der Waals surface area contributed by atoms with Crippen LogP contribution >= 0.6 is 0 Å². The second kappa shape index (κ2) is 6.66. The molecule has 0 aliphatic heterocycles. The molecule has 0 aromatic carbocycles. The summed E-state index contributed by atoms with van der Waals surface area (Å²) in [6.45, 7) is 7.56. The highest BCUT2D eigenvalue weighted by molar-refractivity contribution is 5.61. The van der Waals surface area contributed by atoms with Crippen molar-refractivity contribution in [2.45, 2.75) is 40.2 Å². The molecule has 0 fully saturated rings. The van der Waals surface area contributed by atoms with Crippen molar-refractivity contribution in [1.29, 1.82) is 0 Å². The maximum Gasteiger partial charge on any atom is 0.332 e. The molecule has 0 aliphatic carbocycles. The number of nitrogens with zero attached hydrogens (tertiary/aromatic N) is 3. The lowest BCUT2D eigenvalue weighted by atomic mass is 9.85. The van der Waals surface area contributed by atoms with Gasteiger partial charge < -0.3 is 15.7 Å². The monoisotopic (exact) mass is 297 g/mol. The second-order valence-electron chi connectivity index (χ2n) is 5.91. The first-order valence-electron chi connectivity index (χ1n) is 6.79. The van der Waals surface area contributed by atoms with Gasteiger partial charge in [0.15, 0.2) is 0 Å². The number of rotatable bonds is 6. The summed E-state index contributed by atoms with van der Waals surface area (Å²) in [5.74, 6) is 0.488. The van der Waals surface area contributed by atoms with Gasteiger partial charge in [-0.2, -0.15) is 4.98 Å². The van der Waals surface area contributed by atoms with Crippen molar-refractivity contribution in [2.24, 2.45) is 5.41 Å². The lowest BCUT2D eigenvalue weighted by Crippen LogP contribution is -2.35. The number of anilines is 2. The van der Waals surface area contributed by atoms with Crippen molar-refractivity contribution in [2.75, 3.05) is 24.3 Å². The molecule has 1 aromatic heterocycles. The van der Waals surface area contributed by atoms with Crippen LogP contribution < -0.4 is 10.6 Å². The third-order valence-corrected chi connectivity index (χ3v) is 3.24. The van der Waals surface area contributed by atoms with Crippen LogP contribution in [-0.4, -0.2) is 39.7 Å². The Morgan fingerprint density at radius 3 is 2.43 bits per heavy atom. The fourth-order valence-corrected chi connectivity index (χ4v) is 2.01. The van der Waals surface area contributed by atoms with Crippen LogP contribution in [0.2, 0.25) is 0 Å². The normalized spacial score (nSPS) is 12.9. The van der Waals surface area contributed by atoms with Gasteiger partial charge >= 0.3 is 5.69 Å². The van der Waals surface area contributed by atoms with Crippen molar-refractivity contribution in [3.63, 3.8) is 0 Å². The molecule has 3 N–H and O–H groups in total. The first kappa shape index (κ1) is 17.1. The second-order valence-corrected chi connectivity index (χ2v) is 5.91. The third kappa shape index (κ3) is 4.25. The molecule has 1 atom stereocenters. The van der Waals surface area contributed by atoms with E-state index < -0.39 is 4.92 Å². The fourth-order valence-electron chi connectivity index (χ4n) is 2.01. The highest BCUT2D eigenvalue weighted by Gasteiger charge is 2.29. The molecular formula is C13H23N5O3. The van der Waals surface area contributed by atoms with E-state index in [1.807, 2.05) is 20.8 Å². The van der Waals surface area contributed by atoms with E-state index in [-0.39, 0.29) is 29.6 Å². The Bertz CT molecular complexity index is 513. The van der Waals surface area contributed by atoms with E-state index >= 15 is 0 Å². The number of nitro groups is 1. The molecule has 0 aliphatic rings. The predicted molar refractivity (Wildman–Crippen MR) is 81.5 cm³/mol. The predicted octanol–water partition coefficient (Wildman–Crippen LogP) is 1.94. The first-order valence-corrected chi connectivity index (χ1v) is 6.79. The highest BCUT2D eigenvalue weighted by atomic mass is 16.6. The van der Waals surface area contributed by atoms with Gasteiger partial charge in [-0.05, 0) is 18.8 Å². The maximum absolute atomic E-state index is 11.2. The van der Waals surface area contributed by atoms with Crippen molar-refractivity contribution in [3.05, 3.63) is 15.8 Å². The average Bonchev–Trinajstić information content (AvgIpc) is 2.35. The molecule has 1 rings (SSSR count). The van der Waals surface area contributed by atoms with Crippen LogP contribution in [0.4, 0.5) is 17.5 Å². The number of aliphatic hydroxyl groups is 1. The molecule has 1 aromatic rings.